The summed E-state index contributed by atoms with van der Waals surface area (Å²) in [5.74, 6) is 1.64. The Bertz CT molecular complexity index is 815. The fourth-order valence-corrected chi connectivity index (χ4v) is 2.21. The molecule has 0 saturated carbocycles. The Labute approximate surface area is 158 Å². The van der Waals surface area contributed by atoms with E-state index in [2.05, 4.69) is 15.3 Å². The second-order valence-corrected chi connectivity index (χ2v) is 5.78. The van der Waals surface area contributed by atoms with Crippen LogP contribution >= 0.6 is 0 Å². The largest absolute Gasteiger partial charge is 0.491 e. The van der Waals surface area contributed by atoms with Gasteiger partial charge in [-0.1, -0.05) is 17.7 Å². The van der Waals surface area contributed by atoms with Crippen molar-refractivity contribution in [1.82, 2.24) is 14.9 Å². The van der Waals surface area contributed by atoms with E-state index in [0.29, 0.717) is 26.4 Å². The van der Waals surface area contributed by atoms with Crippen molar-refractivity contribution in [2.45, 2.75) is 6.92 Å². The van der Waals surface area contributed by atoms with Gasteiger partial charge in [0.15, 0.2) is 0 Å². The molecule has 0 atom stereocenters. The molecule has 0 unspecified atom stereocenters. The average molecular weight is 366 g/mol. The third-order valence-corrected chi connectivity index (χ3v) is 3.64. The molecule has 0 bridgehead atoms. The molecule has 3 rings (SSSR count). The van der Waals surface area contributed by atoms with Gasteiger partial charge in [0.25, 0.3) is 0 Å². The molecule has 0 aliphatic rings. The van der Waals surface area contributed by atoms with Crippen LogP contribution in [-0.2, 0) is 4.74 Å². The summed E-state index contributed by atoms with van der Waals surface area (Å²) in [4.78, 5) is 0. The van der Waals surface area contributed by atoms with Crippen molar-refractivity contribution in [3.8, 4) is 11.5 Å². The Kier molecular flexibility index (Phi) is 6.94. The van der Waals surface area contributed by atoms with Gasteiger partial charge in [0.05, 0.1) is 19.4 Å². The maximum Gasteiger partial charge on any atom is 0.141 e. The molecule has 1 heterocycles. The van der Waals surface area contributed by atoms with Crippen molar-refractivity contribution in [3.63, 3.8) is 0 Å². The lowest BCUT2D eigenvalue weighted by molar-refractivity contribution is 0.0764. The maximum absolute atomic E-state index is 5.65. The summed E-state index contributed by atoms with van der Waals surface area (Å²) in [5, 5.41) is 11.6. The lowest BCUT2D eigenvalue weighted by atomic mass is 10.2. The maximum atomic E-state index is 5.65. The first-order valence-corrected chi connectivity index (χ1v) is 8.69. The highest BCUT2D eigenvalue weighted by atomic mass is 16.5. The van der Waals surface area contributed by atoms with E-state index in [1.54, 1.807) is 6.21 Å². The summed E-state index contributed by atoms with van der Waals surface area (Å²) in [6, 6.07) is 15.6. The van der Waals surface area contributed by atoms with E-state index in [1.165, 1.54) is 22.9 Å². The van der Waals surface area contributed by atoms with Gasteiger partial charge in [-0.25, -0.2) is 4.68 Å². The first-order chi connectivity index (χ1) is 13.3. The standard InChI is InChI=1S/C20H22N4O3/c1-17-2-6-19(7-3-17)26-12-10-25-11-13-27-20-8-4-18(5-9-20)14-23-24-15-21-22-16-24/h2-9,14-16H,10-13H2,1H3/b23-14+. The van der Waals surface area contributed by atoms with Gasteiger partial charge in [-0.05, 0) is 48.9 Å². The van der Waals surface area contributed by atoms with Gasteiger partial charge in [0, 0.05) is 0 Å². The molecule has 2 aromatic carbocycles. The monoisotopic (exact) mass is 366 g/mol. The Morgan fingerprint density at radius 1 is 0.815 bits per heavy atom. The fourth-order valence-electron chi connectivity index (χ4n) is 2.21. The van der Waals surface area contributed by atoms with Crippen molar-refractivity contribution in [2.24, 2.45) is 5.10 Å². The van der Waals surface area contributed by atoms with Crippen LogP contribution < -0.4 is 9.47 Å². The minimum atomic E-state index is 0.485. The van der Waals surface area contributed by atoms with Crippen molar-refractivity contribution in [3.05, 3.63) is 72.3 Å². The zero-order valence-electron chi connectivity index (χ0n) is 15.2. The highest BCUT2D eigenvalue weighted by Gasteiger charge is 1.96. The molecule has 3 aromatic rings. The summed E-state index contributed by atoms with van der Waals surface area (Å²) in [6.07, 6.45) is 4.78. The van der Waals surface area contributed by atoms with Gasteiger partial charge in [0.1, 0.15) is 37.4 Å². The van der Waals surface area contributed by atoms with Gasteiger partial charge in [-0.15, -0.1) is 10.2 Å². The van der Waals surface area contributed by atoms with Crippen LogP contribution in [0.25, 0.3) is 0 Å². The van der Waals surface area contributed by atoms with Crippen LogP contribution in [0.2, 0.25) is 0 Å². The number of aryl methyl sites for hydroxylation is 1. The molecule has 1 aromatic heterocycles. The Hall–Kier alpha value is -3.19. The first-order valence-electron chi connectivity index (χ1n) is 8.69. The fraction of sp³-hybridized carbons (Fsp3) is 0.250. The molecule has 0 radical (unpaired) electrons. The Morgan fingerprint density at radius 2 is 1.37 bits per heavy atom. The van der Waals surface area contributed by atoms with Gasteiger partial charge < -0.3 is 14.2 Å². The van der Waals surface area contributed by atoms with Crippen LogP contribution in [0, 0.1) is 6.92 Å². The van der Waals surface area contributed by atoms with E-state index >= 15 is 0 Å². The molecular formula is C20H22N4O3. The van der Waals surface area contributed by atoms with E-state index in [0.717, 1.165) is 17.1 Å². The van der Waals surface area contributed by atoms with E-state index in [9.17, 15) is 0 Å². The topological polar surface area (TPSA) is 70.8 Å². The van der Waals surface area contributed by atoms with Crippen LogP contribution in [0.1, 0.15) is 11.1 Å². The van der Waals surface area contributed by atoms with E-state index in [4.69, 9.17) is 14.2 Å². The van der Waals surface area contributed by atoms with Crippen LogP contribution in [0.3, 0.4) is 0 Å². The predicted molar refractivity (Wildman–Crippen MR) is 102 cm³/mol. The number of hydrogen-bond acceptors (Lipinski definition) is 6. The minimum Gasteiger partial charge on any atom is -0.491 e. The van der Waals surface area contributed by atoms with E-state index in [1.807, 2.05) is 55.5 Å². The average Bonchev–Trinajstić information content (AvgIpc) is 3.22. The molecule has 7 nitrogen and oxygen atoms in total. The van der Waals surface area contributed by atoms with Crippen LogP contribution in [0.4, 0.5) is 0 Å². The van der Waals surface area contributed by atoms with E-state index in [-0.39, 0.29) is 0 Å². The van der Waals surface area contributed by atoms with Gasteiger partial charge in [0.2, 0.25) is 0 Å². The lowest BCUT2D eigenvalue weighted by Crippen LogP contribution is -2.12. The number of rotatable bonds is 10. The highest BCUT2D eigenvalue weighted by Crippen LogP contribution is 2.12. The van der Waals surface area contributed by atoms with Crippen molar-refractivity contribution in [2.75, 3.05) is 26.4 Å². The zero-order chi connectivity index (χ0) is 18.7. The normalized spacial score (nSPS) is 11.0. The number of aromatic nitrogens is 3. The molecule has 0 aliphatic heterocycles. The molecule has 140 valence electrons. The third-order valence-electron chi connectivity index (χ3n) is 3.64. The first kappa shape index (κ1) is 18.6. The molecule has 0 saturated heterocycles. The second-order valence-electron chi connectivity index (χ2n) is 5.78. The summed E-state index contributed by atoms with van der Waals surface area (Å²) in [5.41, 5.74) is 2.17. The smallest absolute Gasteiger partial charge is 0.141 e. The molecule has 0 aliphatic carbocycles. The summed E-state index contributed by atoms with van der Waals surface area (Å²) in [7, 11) is 0. The second kappa shape index (κ2) is 10.1. The van der Waals surface area contributed by atoms with Gasteiger partial charge in [-0.2, -0.15) is 5.10 Å². The quantitative estimate of drug-likeness (QED) is 0.407. The molecule has 0 spiro atoms. The summed E-state index contributed by atoms with van der Waals surface area (Å²) >= 11 is 0. The van der Waals surface area contributed by atoms with Crippen molar-refractivity contribution >= 4 is 6.21 Å². The SMILES string of the molecule is Cc1ccc(OCCOCCOc2ccc(/C=N/n3cnnc3)cc2)cc1. The third kappa shape index (κ3) is 6.56. The van der Waals surface area contributed by atoms with Gasteiger partial charge >= 0.3 is 0 Å². The van der Waals surface area contributed by atoms with Crippen molar-refractivity contribution < 1.29 is 14.2 Å². The molecule has 0 amide bonds. The molecular weight excluding hydrogens is 344 g/mol. The molecule has 7 heteroatoms. The van der Waals surface area contributed by atoms with Gasteiger partial charge in [-0.3, -0.25) is 0 Å². The molecule has 0 fully saturated rings. The molecule has 0 N–H and O–H groups in total. The summed E-state index contributed by atoms with van der Waals surface area (Å²) in [6.45, 7) is 4.08. The van der Waals surface area contributed by atoms with Crippen LogP contribution in [0.5, 0.6) is 11.5 Å². The Balaban J connectivity index is 1.28. The predicted octanol–water partition coefficient (Wildman–Crippen LogP) is 2.94. The van der Waals surface area contributed by atoms with E-state index < -0.39 is 0 Å². The lowest BCUT2D eigenvalue weighted by Gasteiger charge is -2.09. The summed E-state index contributed by atoms with van der Waals surface area (Å²) < 4.78 is 18.3. The van der Waals surface area contributed by atoms with Crippen LogP contribution in [-0.4, -0.2) is 47.5 Å². The Morgan fingerprint density at radius 3 is 1.96 bits per heavy atom. The highest BCUT2D eigenvalue weighted by molar-refractivity contribution is 5.79. The number of benzene rings is 2. The number of nitrogens with zero attached hydrogens (tertiary/aromatic N) is 4. The molecule has 27 heavy (non-hydrogen) atoms. The zero-order valence-corrected chi connectivity index (χ0v) is 15.2. The van der Waals surface area contributed by atoms with Crippen LogP contribution in [0.15, 0.2) is 66.3 Å². The number of hydrogen-bond donors (Lipinski definition) is 0. The van der Waals surface area contributed by atoms with Crippen molar-refractivity contribution in [1.29, 1.82) is 0 Å². The minimum absolute atomic E-state index is 0.485. The number of ether oxygens (including phenoxy) is 3.